The maximum absolute atomic E-state index is 12.5. The number of benzene rings is 2. The van der Waals surface area contributed by atoms with Crippen molar-refractivity contribution in [3.63, 3.8) is 0 Å². The summed E-state index contributed by atoms with van der Waals surface area (Å²) < 4.78 is 39.1. The molecule has 0 aliphatic rings. The van der Waals surface area contributed by atoms with Crippen LogP contribution in [0, 0.1) is 0 Å². The number of hydrogen-bond donors (Lipinski definition) is 0. The second kappa shape index (κ2) is 4.12. The van der Waals surface area contributed by atoms with Gasteiger partial charge in [0.2, 0.25) is 0 Å². The van der Waals surface area contributed by atoms with Gasteiger partial charge in [-0.25, -0.2) is 4.68 Å². The fourth-order valence-electron chi connectivity index (χ4n) is 1.97. The second-order valence-corrected chi connectivity index (χ2v) is 4.16. The molecule has 0 atom stereocenters. The molecule has 0 aliphatic carbocycles. The number of hydrogen-bond acceptors (Lipinski definition) is 1. The number of para-hydroxylation sites is 1. The van der Waals surface area contributed by atoms with Gasteiger partial charge in [-0.2, -0.15) is 18.3 Å². The average molecular weight is 262 g/mol. The molecule has 0 spiro atoms. The van der Waals surface area contributed by atoms with Gasteiger partial charge < -0.3 is 0 Å². The maximum Gasteiger partial charge on any atom is 0.416 e. The highest BCUT2D eigenvalue weighted by Crippen LogP contribution is 2.30. The molecule has 1 heterocycles. The minimum atomic E-state index is -4.31. The van der Waals surface area contributed by atoms with Crippen LogP contribution in [-0.2, 0) is 6.18 Å². The summed E-state index contributed by atoms with van der Waals surface area (Å²) in [5.74, 6) is 0. The number of alkyl halides is 3. The topological polar surface area (TPSA) is 17.8 Å². The standard InChI is InChI=1S/C14H9F3N2/c15-14(16,17)11-5-7-12(8-6-11)19-13-4-2-1-3-10(13)9-18-19/h1-9H. The summed E-state index contributed by atoms with van der Waals surface area (Å²) in [6.45, 7) is 0. The van der Waals surface area contributed by atoms with E-state index in [1.807, 2.05) is 24.3 Å². The van der Waals surface area contributed by atoms with E-state index in [0.717, 1.165) is 23.0 Å². The Bertz CT molecular complexity index is 711. The monoisotopic (exact) mass is 262 g/mol. The molecule has 3 rings (SSSR count). The molecule has 0 unspecified atom stereocenters. The Morgan fingerprint density at radius 2 is 1.58 bits per heavy atom. The molecular formula is C14H9F3N2. The molecule has 0 saturated heterocycles. The predicted molar refractivity (Wildman–Crippen MR) is 66.1 cm³/mol. The first-order valence-corrected chi connectivity index (χ1v) is 5.66. The van der Waals surface area contributed by atoms with Crippen molar-refractivity contribution in [1.82, 2.24) is 9.78 Å². The first-order chi connectivity index (χ1) is 9.05. The van der Waals surface area contributed by atoms with E-state index < -0.39 is 11.7 Å². The van der Waals surface area contributed by atoms with E-state index in [2.05, 4.69) is 5.10 Å². The summed E-state index contributed by atoms with van der Waals surface area (Å²) >= 11 is 0. The predicted octanol–water partition coefficient (Wildman–Crippen LogP) is 4.04. The van der Waals surface area contributed by atoms with Crippen LogP contribution in [0.25, 0.3) is 16.6 Å². The highest BCUT2D eigenvalue weighted by molar-refractivity contribution is 5.80. The van der Waals surface area contributed by atoms with Gasteiger partial charge in [-0.1, -0.05) is 18.2 Å². The zero-order valence-electron chi connectivity index (χ0n) is 9.72. The van der Waals surface area contributed by atoms with Gasteiger partial charge in [-0.05, 0) is 30.3 Å². The summed E-state index contributed by atoms with van der Waals surface area (Å²) in [4.78, 5) is 0. The summed E-state index contributed by atoms with van der Waals surface area (Å²) in [7, 11) is 0. The van der Waals surface area contributed by atoms with Crippen LogP contribution in [0.15, 0.2) is 54.7 Å². The third-order valence-electron chi connectivity index (χ3n) is 2.92. The van der Waals surface area contributed by atoms with Crippen LogP contribution in [0.4, 0.5) is 13.2 Å². The maximum atomic E-state index is 12.5. The van der Waals surface area contributed by atoms with Crippen molar-refractivity contribution in [2.45, 2.75) is 6.18 Å². The van der Waals surface area contributed by atoms with Gasteiger partial charge in [0.15, 0.2) is 0 Å². The summed E-state index contributed by atoms with van der Waals surface area (Å²) in [6, 6.07) is 12.5. The fourth-order valence-corrected chi connectivity index (χ4v) is 1.97. The Labute approximate surface area is 107 Å². The van der Waals surface area contributed by atoms with Crippen molar-refractivity contribution >= 4 is 10.9 Å². The molecule has 0 radical (unpaired) electrons. The first-order valence-electron chi connectivity index (χ1n) is 5.66. The Morgan fingerprint density at radius 3 is 2.26 bits per heavy atom. The van der Waals surface area contributed by atoms with Crippen LogP contribution < -0.4 is 0 Å². The lowest BCUT2D eigenvalue weighted by Crippen LogP contribution is -2.05. The highest BCUT2D eigenvalue weighted by atomic mass is 19.4. The van der Waals surface area contributed by atoms with E-state index in [-0.39, 0.29) is 0 Å². The molecule has 0 aliphatic heterocycles. The average Bonchev–Trinajstić information content (AvgIpc) is 2.82. The molecule has 0 saturated carbocycles. The third kappa shape index (κ3) is 2.07. The number of fused-ring (bicyclic) bond motifs is 1. The number of aromatic nitrogens is 2. The zero-order valence-corrected chi connectivity index (χ0v) is 9.72. The molecule has 2 nitrogen and oxygen atoms in total. The van der Waals surface area contributed by atoms with E-state index >= 15 is 0 Å². The van der Waals surface area contributed by atoms with Crippen LogP contribution >= 0.6 is 0 Å². The smallest absolute Gasteiger partial charge is 0.233 e. The zero-order chi connectivity index (χ0) is 13.5. The molecule has 96 valence electrons. The number of halogens is 3. The van der Waals surface area contributed by atoms with Gasteiger partial charge in [-0.15, -0.1) is 0 Å². The third-order valence-corrected chi connectivity index (χ3v) is 2.92. The number of rotatable bonds is 1. The van der Waals surface area contributed by atoms with Crippen LogP contribution in [0.1, 0.15) is 5.56 Å². The molecule has 0 N–H and O–H groups in total. The van der Waals surface area contributed by atoms with Gasteiger partial charge >= 0.3 is 6.18 Å². The van der Waals surface area contributed by atoms with Crippen molar-refractivity contribution in [3.8, 4) is 5.69 Å². The molecule has 0 amide bonds. The van der Waals surface area contributed by atoms with Gasteiger partial charge in [0.25, 0.3) is 0 Å². The second-order valence-electron chi connectivity index (χ2n) is 4.16. The van der Waals surface area contributed by atoms with E-state index in [1.54, 1.807) is 10.9 Å². The normalized spacial score (nSPS) is 11.9. The van der Waals surface area contributed by atoms with Crippen molar-refractivity contribution in [3.05, 3.63) is 60.3 Å². The first kappa shape index (κ1) is 11.8. The Morgan fingerprint density at radius 1 is 0.895 bits per heavy atom. The van der Waals surface area contributed by atoms with Crippen molar-refractivity contribution in [1.29, 1.82) is 0 Å². The molecule has 19 heavy (non-hydrogen) atoms. The van der Waals surface area contributed by atoms with Crippen molar-refractivity contribution in [2.75, 3.05) is 0 Å². The minimum Gasteiger partial charge on any atom is -0.233 e. The summed E-state index contributed by atoms with van der Waals surface area (Å²) in [5.41, 5.74) is 0.809. The van der Waals surface area contributed by atoms with Crippen LogP contribution in [-0.4, -0.2) is 9.78 Å². The largest absolute Gasteiger partial charge is 0.416 e. The Hall–Kier alpha value is -2.30. The van der Waals surface area contributed by atoms with E-state index in [0.29, 0.717) is 5.69 Å². The lowest BCUT2D eigenvalue weighted by molar-refractivity contribution is -0.137. The Kier molecular flexibility index (Phi) is 2.55. The highest BCUT2D eigenvalue weighted by Gasteiger charge is 2.30. The van der Waals surface area contributed by atoms with Crippen LogP contribution in [0.5, 0.6) is 0 Å². The fraction of sp³-hybridized carbons (Fsp3) is 0.0714. The lowest BCUT2D eigenvalue weighted by Gasteiger charge is -2.08. The minimum absolute atomic E-state index is 0.606. The molecule has 0 bridgehead atoms. The van der Waals surface area contributed by atoms with E-state index in [4.69, 9.17) is 0 Å². The molecule has 0 fully saturated rings. The van der Waals surface area contributed by atoms with E-state index in [1.165, 1.54) is 12.1 Å². The molecular weight excluding hydrogens is 253 g/mol. The van der Waals surface area contributed by atoms with Gasteiger partial charge in [0.05, 0.1) is 23.0 Å². The molecule has 3 aromatic rings. The van der Waals surface area contributed by atoms with Crippen LogP contribution in [0.3, 0.4) is 0 Å². The van der Waals surface area contributed by atoms with Crippen molar-refractivity contribution < 1.29 is 13.2 Å². The lowest BCUT2D eigenvalue weighted by atomic mass is 10.2. The molecule has 5 heteroatoms. The van der Waals surface area contributed by atoms with Crippen molar-refractivity contribution in [2.24, 2.45) is 0 Å². The quantitative estimate of drug-likeness (QED) is 0.647. The van der Waals surface area contributed by atoms with Crippen LogP contribution in [0.2, 0.25) is 0 Å². The Balaban J connectivity index is 2.07. The number of nitrogens with zero attached hydrogens (tertiary/aromatic N) is 2. The molecule has 1 aromatic heterocycles. The summed E-state index contributed by atoms with van der Waals surface area (Å²) in [6.07, 6.45) is -2.63. The van der Waals surface area contributed by atoms with E-state index in [9.17, 15) is 13.2 Å². The SMILES string of the molecule is FC(F)(F)c1ccc(-n2ncc3ccccc32)cc1. The van der Waals surface area contributed by atoms with Gasteiger partial charge in [0, 0.05) is 5.39 Å². The summed E-state index contributed by atoms with van der Waals surface area (Å²) in [5, 5.41) is 5.14. The van der Waals surface area contributed by atoms with Gasteiger partial charge in [-0.3, -0.25) is 0 Å². The molecule has 2 aromatic carbocycles. The van der Waals surface area contributed by atoms with Gasteiger partial charge in [0.1, 0.15) is 0 Å².